The first kappa shape index (κ1) is 27.1. The van der Waals surface area contributed by atoms with Crippen LogP contribution in [0.25, 0.3) is 22.3 Å². The van der Waals surface area contributed by atoms with Crippen molar-refractivity contribution in [2.24, 2.45) is 0 Å². The summed E-state index contributed by atoms with van der Waals surface area (Å²) in [5, 5.41) is 19.5. The van der Waals surface area contributed by atoms with E-state index < -0.39 is 16.0 Å². The molecule has 0 aliphatic rings. The fourth-order valence-corrected chi connectivity index (χ4v) is 5.72. The second-order valence-corrected chi connectivity index (χ2v) is 11.1. The van der Waals surface area contributed by atoms with Crippen molar-refractivity contribution in [3.63, 3.8) is 0 Å². The Labute approximate surface area is 221 Å². The lowest BCUT2D eigenvalue weighted by Crippen LogP contribution is -2.15. The summed E-state index contributed by atoms with van der Waals surface area (Å²) in [7, 11) is -3.55. The summed E-state index contributed by atoms with van der Waals surface area (Å²) in [6, 6.07) is 11.3. The molecule has 2 aromatic carbocycles. The van der Waals surface area contributed by atoms with Crippen molar-refractivity contribution in [2.75, 3.05) is 5.75 Å². The molecule has 4 rings (SSSR count). The minimum absolute atomic E-state index is 0.0786. The van der Waals surface area contributed by atoms with Crippen LogP contribution in [-0.4, -0.2) is 44.3 Å². The van der Waals surface area contributed by atoms with Gasteiger partial charge < -0.3 is 14.9 Å². The molecule has 2 aromatic heterocycles. The molecular weight excluding hydrogens is 506 g/mol. The Kier molecular flexibility index (Phi) is 8.62. The second-order valence-electron chi connectivity index (χ2n) is 9.13. The Morgan fingerprint density at radius 3 is 2.45 bits per heavy atom. The van der Waals surface area contributed by atoms with Crippen LogP contribution in [0.4, 0.5) is 0 Å². The minimum Gasteiger partial charge on any atom is -0.507 e. The van der Waals surface area contributed by atoms with Crippen molar-refractivity contribution in [3.05, 3.63) is 72.2 Å². The summed E-state index contributed by atoms with van der Waals surface area (Å²) in [5.74, 6) is -0.853. The zero-order valence-electron chi connectivity index (χ0n) is 21.2. The highest BCUT2D eigenvalue weighted by Gasteiger charge is 2.20. The molecule has 0 spiro atoms. The van der Waals surface area contributed by atoms with Crippen LogP contribution in [0.2, 0.25) is 0 Å². The van der Waals surface area contributed by atoms with Crippen LogP contribution in [0.3, 0.4) is 0 Å². The van der Waals surface area contributed by atoms with Gasteiger partial charge in [-0.05, 0) is 30.7 Å². The van der Waals surface area contributed by atoms with E-state index >= 15 is 0 Å². The summed E-state index contributed by atoms with van der Waals surface area (Å²) >= 11 is 0. The zero-order chi connectivity index (χ0) is 27.1. The Balaban J connectivity index is 1.50. The van der Waals surface area contributed by atoms with Gasteiger partial charge in [0.25, 0.3) is 0 Å². The molecule has 0 bridgehead atoms. The third-order valence-corrected chi connectivity index (χ3v) is 7.99. The third kappa shape index (κ3) is 6.31. The van der Waals surface area contributed by atoms with Gasteiger partial charge in [-0.15, -0.1) is 0 Å². The number of benzene rings is 2. The molecule has 0 radical (unpaired) electrons. The maximum Gasteiger partial charge on any atom is 0.339 e. The maximum absolute atomic E-state index is 13.2. The molecule has 2 N–H and O–H groups in total. The minimum atomic E-state index is -3.55. The van der Waals surface area contributed by atoms with E-state index in [1.54, 1.807) is 24.7 Å². The molecule has 10 heteroatoms. The molecule has 0 saturated carbocycles. The van der Waals surface area contributed by atoms with Crippen LogP contribution in [0.1, 0.15) is 61.4 Å². The van der Waals surface area contributed by atoms with Gasteiger partial charge >= 0.3 is 5.97 Å². The van der Waals surface area contributed by atoms with Crippen molar-refractivity contribution < 1.29 is 28.2 Å². The number of aromatic carboxylic acids is 1. The van der Waals surface area contributed by atoms with E-state index in [-0.39, 0.29) is 29.4 Å². The monoisotopic (exact) mass is 537 g/mol. The van der Waals surface area contributed by atoms with Crippen LogP contribution in [-0.2, 0) is 16.6 Å². The molecule has 0 atom stereocenters. The quantitative estimate of drug-likeness (QED) is 0.210. The Morgan fingerprint density at radius 2 is 1.71 bits per heavy atom. The predicted octanol–water partition coefficient (Wildman–Crippen LogP) is 5.62. The van der Waals surface area contributed by atoms with E-state index in [2.05, 4.69) is 16.9 Å². The fraction of sp³-hybridized carbons (Fsp3) is 0.321. The molecule has 0 saturated heterocycles. The molecule has 0 aliphatic carbocycles. The first-order valence-corrected chi connectivity index (χ1v) is 14.2. The van der Waals surface area contributed by atoms with E-state index in [1.807, 2.05) is 18.2 Å². The number of carboxylic acids is 1. The zero-order valence-corrected chi connectivity index (χ0v) is 22.0. The summed E-state index contributed by atoms with van der Waals surface area (Å²) in [6.07, 6.45) is 10.8. The molecular formula is C28H31N3O6S. The first-order valence-electron chi connectivity index (χ1n) is 12.6. The number of ether oxygens (including phenoxy) is 1. The molecule has 0 fully saturated rings. The molecule has 0 unspecified atom stereocenters. The average molecular weight is 538 g/mol. The summed E-state index contributed by atoms with van der Waals surface area (Å²) in [4.78, 5) is 20.1. The molecule has 9 nitrogen and oxygen atoms in total. The summed E-state index contributed by atoms with van der Waals surface area (Å²) in [5.41, 5.74) is 1.59. The number of hydrogen-bond acceptors (Lipinski definition) is 7. The van der Waals surface area contributed by atoms with Gasteiger partial charge in [0.15, 0.2) is 5.82 Å². The third-order valence-electron chi connectivity index (χ3n) is 6.28. The molecule has 4 aromatic rings. The Bertz CT molecular complexity index is 1510. The highest BCUT2D eigenvalue weighted by Crippen LogP contribution is 2.30. The maximum atomic E-state index is 13.2. The topological polar surface area (TPSA) is 132 Å². The number of carboxylic acid groups (broad SMARTS) is 1. The predicted molar refractivity (Wildman–Crippen MR) is 145 cm³/mol. The van der Waals surface area contributed by atoms with E-state index in [0.29, 0.717) is 28.9 Å². The molecule has 0 aliphatic heterocycles. The number of hydrogen-bond donors (Lipinski definition) is 2. The van der Waals surface area contributed by atoms with E-state index in [1.165, 1.54) is 28.6 Å². The van der Waals surface area contributed by atoms with E-state index in [0.717, 1.165) is 31.1 Å². The van der Waals surface area contributed by atoms with Gasteiger partial charge in [-0.25, -0.2) is 27.2 Å². The Morgan fingerprint density at radius 1 is 1.00 bits per heavy atom. The standard InChI is InChI=1S/C28H31N3O6S/c1-2-3-4-5-6-9-14-38(35,36)31-18-24(22-10-7-8-11-25(22)31)27-29-16-20(17-30-27)19-37-21-12-13-26(32)23(15-21)28(33)34/h7-8,10-13,15-18,32H,2-6,9,14,19H2,1H3,(H,33,34). The summed E-state index contributed by atoms with van der Waals surface area (Å²) < 4.78 is 33.4. The Hall–Kier alpha value is -3.92. The number of unbranched alkanes of at least 4 members (excludes halogenated alkanes) is 5. The van der Waals surface area contributed by atoms with Crippen molar-refractivity contribution in [3.8, 4) is 22.9 Å². The lowest BCUT2D eigenvalue weighted by molar-refractivity contribution is 0.0693. The van der Waals surface area contributed by atoms with E-state index in [4.69, 9.17) is 9.84 Å². The average Bonchev–Trinajstić information content (AvgIpc) is 3.31. The molecule has 2 heterocycles. The summed E-state index contributed by atoms with van der Waals surface area (Å²) in [6.45, 7) is 2.23. The molecule has 38 heavy (non-hydrogen) atoms. The van der Waals surface area contributed by atoms with Crippen LogP contribution in [0.5, 0.6) is 11.5 Å². The highest BCUT2D eigenvalue weighted by molar-refractivity contribution is 7.90. The SMILES string of the molecule is CCCCCCCCS(=O)(=O)n1cc(-c2ncc(COc3ccc(O)c(C(=O)O)c3)cn2)c2ccccc21. The largest absolute Gasteiger partial charge is 0.507 e. The van der Waals surface area contributed by atoms with Crippen molar-refractivity contribution in [1.29, 1.82) is 0 Å². The van der Waals surface area contributed by atoms with Crippen LogP contribution in [0, 0.1) is 0 Å². The number of aromatic nitrogens is 3. The number of carbonyl (C=O) groups is 1. The lowest BCUT2D eigenvalue weighted by atomic mass is 10.1. The smallest absolute Gasteiger partial charge is 0.339 e. The molecule has 200 valence electrons. The van der Waals surface area contributed by atoms with Crippen molar-refractivity contribution in [2.45, 2.75) is 52.1 Å². The van der Waals surface area contributed by atoms with Crippen molar-refractivity contribution in [1.82, 2.24) is 13.9 Å². The highest BCUT2D eigenvalue weighted by atomic mass is 32.2. The van der Waals surface area contributed by atoms with Crippen molar-refractivity contribution >= 4 is 26.9 Å². The van der Waals surface area contributed by atoms with Gasteiger partial charge in [0.1, 0.15) is 23.7 Å². The number of fused-ring (bicyclic) bond motifs is 1. The fourth-order valence-electron chi connectivity index (χ4n) is 4.23. The van der Waals surface area contributed by atoms with Gasteiger partial charge in [-0.1, -0.05) is 57.2 Å². The number of para-hydroxylation sites is 1. The van der Waals surface area contributed by atoms with Gasteiger partial charge in [-0.3, -0.25) is 0 Å². The van der Waals surface area contributed by atoms with Gasteiger partial charge in [0.2, 0.25) is 10.0 Å². The molecule has 0 amide bonds. The number of nitrogens with zero attached hydrogens (tertiary/aromatic N) is 3. The van der Waals surface area contributed by atoms with Crippen LogP contribution in [0.15, 0.2) is 61.1 Å². The van der Waals surface area contributed by atoms with Crippen LogP contribution >= 0.6 is 0 Å². The lowest BCUT2D eigenvalue weighted by Gasteiger charge is -2.08. The number of phenols is 1. The van der Waals surface area contributed by atoms with E-state index in [9.17, 15) is 18.3 Å². The number of rotatable bonds is 13. The van der Waals surface area contributed by atoms with Crippen LogP contribution < -0.4 is 4.74 Å². The van der Waals surface area contributed by atoms with Gasteiger partial charge in [-0.2, -0.15) is 0 Å². The van der Waals surface area contributed by atoms with Gasteiger partial charge in [0, 0.05) is 35.1 Å². The van der Waals surface area contributed by atoms with Gasteiger partial charge in [0.05, 0.1) is 11.3 Å². The first-order chi connectivity index (χ1) is 18.3. The second kappa shape index (κ2) is 12.1. The normalized spacial score (nSPS) is 11.6. The number of aromatic hydroxyl groups is 1.